The highest BCUT2D eigenvalue weighted by Gasteiger charge is 2.21. The van der Waals surface area contributed by atoms with Crippen LogP contribution in [0.2, 0.25) is 0 Å². The van der Waals surface area contributed by atoms with Gasteiger partial charge in [0.15, 0.2) is 5.75 Å². The third-order valence-electron chi connectivity index (χ3n) is 2.71. The van der Waals surface area contributed by atoms with Gasteiger partial charge in [0.05, 0.1) is 12.0 Å². The van der Waals surface area contributed by atoms with Crippen molar-refractivity contribution in [3.63, 3.8) is 0 Å². The van der Waals surface area contributed by atoms with Crippen LogP contribution in [0.25, 0.3) is 0 Å². The molecule has 0 aliphatic rings. The number of nitro groups is 1. The summed E-state index contributed by atoms with van der Waals surface area (Å²) in [5, 5.41) is 10.8. The monoisotopic (exact) mass is 302 g/mol. The first-order chi connectivity index (χ1) is 8.04. The fraction of sp³-hybridized carbons (Fsp3) is 0.455. The van der Waals surface area contributed by atoms with E-state index in [4.69, 9.17) is 10.5 Å². The van der Waals surface area contributed by atoms with E-state index in [1.165, 1.54) is 13.2 Å². The van der Waals surface area contributed by atoms with Gasteiger partial charge in [-0.05, 0) is 30.5 Å². The predicted octanol–water partition coefficient (Wildman–Crippen LogP) is 2.82. The van der Waals surface area contributed by atoms with Gasteiger partial charge in [0.25, 0.3) is 0 Å². The maximum Gasteiger partial charge on any atom is 0.312 e. The van der Waals surface area contributed by atoms with Crippen LogP contribution in [0.15, 0.2) is 16.6 Å². The van der Waals surface area contributed by atoms with E-state index in [0.717, 1.165) is 12.0 Å². The number of ether oxygens (including phenoxy) is 1. The Morgan fingerprint density at radius 3 is 2.65 bits per heavy atom. The molecule has 0 heterocycles. The molecule has 1 atom stereocenters. The number of rotatable bonds is 5. The highest BCUT2D eigenvalue weighted by molar-refractivity contribution is 9.10. The number of nitrogens with two attached hydrogens (primary N) is 1. The van der Waals surface area contributed by atoms with E-state index in [2.05, 4.69) is 15.9 Å². The minimum Gasteiger partial charge on any atom is -0.490 e. The Kier molecular flexibility index (Phi) is 4.89. The van der Waals surface area contributed by atoms with Gasteiger partial charge in [-0.1, -0.05) is 22.9 Å². The third-order valence-corrected chi connectivity index (χ3v) is 3.40. The van der Waals surface area contributed by atoms with E-state index in [1.54, 1.807) is 6.07 Å². The van der Waals surface area contributed by atoms with Crippen molar-refractivity contribution in [2.24, 2.45) is 5.73 Å². The average Bonchev–Trinajstić information content (AvgIpc) is 2.31. The fourth-order valence-electron chi connectivity index (χ4n) is 1.69. The first-order valence-corrected chi connectivity index (χ1v) is 6.06. The van der Waals surface area contributed by atoms with Crippen molar-refractivity contribution in [1.82, 2.24) is 0 Å². The van der Waals surface area contributed by atoms with E-state index in [-0.39, 0.29) is 17.4 Å². The lowest BCUT2D eigenvalue weighted by molar-refractivity contribution is -0.385. The Morgan fingerprint density at radius 1 is 1.59 bits per heavy atom. The SMILES string of the molecule is CCC(CN)c1cc(OC)c([N+](=O)[O-])cc1Br. The van der Waals surface area contributed by atoms with Crippen LogP contribution in [-0.4, -0.2) is 18.6 Å². The molecule has 1 rings (SSSR count). The smallest absolute Gasteiger partial charge is 0.312 e. The number of nitrogens with zero attached hydrogens (tertiary/aromatic N) is 1. The summed E-state index contributed by atoms with van der Waals surface area (Å²) in [6.45, 7) is 2.52. The first-order valence-electron chi connectivity index (χ1n) is 5.27. The molecule has 6 heteroatoms. The molecule has 1 unspecified atom stereocenters. The Morgan fingerprint density at radius 2 is 2.24 bits per heavy atom. The summed E-state index contributed by atoms with van der Waals surface area (Å²) in [6.07, 6.45) is 0.871. The van der Waals surface area contributed by atoms with Gasteiger partial charge in [0, 0.05) is 10.5 Å². The number of methoxy groups -OCH3 is 1. The van der Waals surface area contributed by atoms with E-state index in [0.29, 0.717) is 11.0 Å². The van der Waals surface area contributed by atoms with Gasteiger partial charge in [-0.15, -0.1) is 0 Å². The number of benzene rings is 1. The number of hydrogen-bond acceptors (Lipinski definition) is 4. The fourth-order valence-corrected chi connectivity index (χ4v) is 2.35. The normalized spacial score (nSPS) is 12.2. The molecule has 0 radical (unpaired) electrons. The summed E-state index contributed by atoms with van der Waals surface area (Å²) in [5.41, 5.74) is 6.57. The van der Waals surface area contributed by atoms with Gasteiger partial charge in [0.2, 0.25) is 0 Å². The Balaban J connectivity index is 3.31. The Bertz CT molecular complexity index is 419. The lowest BCUT2D eigenvalue weighted by Gasteiger charge is -2.15. The largest absolute Gasteiger partial charge is 0.490 e. The van der Waals surface area contributed by atoms with Crippen LogP contribution in [0.3, 0.4) is 0 Å². The van der Waals surface area contributed by atoms with Crippen molar-refractivity contribution in [3.05, 3.63) is 32.3 Å². The molecule has 0 fully saturated rings. The topological polar surface area (TPSA) is 78.4 Å². The van der Waals surface area contributed by atoms with Gasteiger partial charge in [-0.2, -0.15) is 0 Å². The highest BCUT2D eigenvalue weighted by Crippen LogP contribution is 2.37. The zero-order valence-electron chi connectivity index (χ0n) is 9.77. The summed E-state index contributed by atoms with van der Waals surface area (Å²) in [6, 6.07) is 3.15. The van der Waals surface area contributed by atoms with E-state index >= 15 is 0 Å². The van der Waals surface area contributed by atoms with Crippen molar-refractivity contribution in [2.45, 2.75) is 19.3 Å². The predicted molar refractivity (Wildman–Crippen MR) is 69.4 cm³/mol. The Labute approximate surface area is 108 Å². The molecular formula is C11H15BrN2O3. The molecule has 0 aromatic heterocycles. The quantitative estimate of drug-likeness (QED) is 0.670. The van der Waals surface area contributed by atoms with Crippen LogP contribution in [-0.2, 0) is 0 Å². The average molecular weight is 303 g/mol. The van der Waals surface area contributed by atoms with Crippen LogP contribution in [0, 0.1) is 10.1 Å². The molecule has 0 bridgehead atoms. The van der Waals surface area contributed by atoms with Gasteiger partial charge >= 0.3 is 5.69 Å². The van der Waals surface area contributed by atoms with Crippen LogP contribution >= 0.6 is 15.9 Å². The number of hydrogen-bond donors (Lipinski definition) is 1. The molecule has 0 aliphatic heterocycles. The van der Waals surface area contributed by atoms with Gasteiger partial charge in [-0.3, -0.25) is 10.1 Å². The number of nitro benzene ring substituents is 1. The molecule has 0 saturated carbocycles. The van der Waals surface area contributed by atoms with Crippen molar-refractivity contribution < 1.29 is 9.66 Å². The van der Waals surface area contributed by atoms with Crippen LogP contribution in [0.5, 0.6) is 5.75 Å². The Hall–Kier alpha value is -1.14. The minimum absolute atomic E-state index is 0.0463. The molecule has 1 aromatic carbocycles. The van der Waals surface area contributed by atoms with Crippen LogP contribution < -0.4 is 10.5 Å². The van der Waals surface area contributed by atoms with E-state index in [1.807, 2.05) is 6.92 Å². The maximum atomic E-state index is 10.8. The molecule has 0 saturated heterocycles. The summed E-state index contributed by atoms with van der Waals surface area (Å²) in [4.78, 5) is 10.4. The molecule has 0 spiro atoms. The molecule has 17 heavy (non-hydrogen) atoms. The summed E-state index contributed by atoms with van der Waals surface area (Å²) < 4.78 is 5.73. The molecule has 0 amide bonds. The van der Waals surface area contributed by atoms with Crippen molar-refractivity contribution in [2.75, 3.05) is 13.7 Å². The summed E-state index contributed by atoms with van der Waals surface area (Å²) in [5.74, 6) is 0.430. The second-order valence-electron chi connectivity index (χ2n) is 3.64. The summed E-state index contributed by atoms with van der Waals surface area (Å²) in [7, 11) is 1.42. The zero-order chi connectivity index (χ0) is 13.0. The molecule has 2 N–H and O–H groups in total. The maximum absolute atomic E-state index is 10.8. The molecule has 1 aromatic rings. The lowest BCUT2D eigenvalue weighted by Crippen LogP contribution is -2.12. The molecule has 5 nitrogen and oxygen atoms in total. The lowest BCUT2D eigenvalue weighted by atomic mass is 9.96. The number of halogens is 1. The van der Waals surface area contributed by atoms with Crippen LogP contribution in [0.4, 0.5) is 5.69 Å². The third kappa shape index (κ3) is 2.95. The highest BCUT2D eigenvalue weighted by atomic mass is 79.9. The van der Waals surface area contributed by atoms with Crippen molar-refractivity contribution >= 4 is 21.6 Å². The van der Waals surface area contributed by atoms with Crippen molar-refractivity contribution in [3.8, 4) is 5.75 Å². The molecule has 0 aliphatic carbocycles. The van der Waals surface area contributed by atoms with E-state index in [9.17, 15) is 10.1 Å². The van der Waals surface area contributed by atoms with Gasteiger partial charge in [-0.25, -0.2) is 0 Å². The minimum atomic E-state index is -0.462. The van der Waals surface area contributed by atoms with E-state index < -0.39 is 4.92 Å². The second kappa shape index (κ2) is 5.97. The zero-order valence-corrected chi connectivity index (χ0v) is 11.4. The summed E-state index contributed by atoms with van der Waals surface area (Å²) >= 11 is 3.35. The van der Waals surface area contributed by atoms with Gasteiger partial charge in [0.1, 0.15) is 0 Å². The first kappa shape index (κ1) is 13.9. The second-order valence-corrected chi connectivity index (χ2v) is 4.50. The molecule has 94 valence electrons. The van der Waals surface area contributed by atoms with Gasteiger partial charge < -0.3 is 10.5 Å². The van der Waals surface area contributed by atoms with Crippen molar-refractivity contribution in [1.29, 1.82) is 0 Å². The van der Waals surface area contributed by atoms with Crippen LogP contribution in [0.1, 0.15) is 24.8 Å². The standard InChI is InChI=1S/C11H15BrN2O3/c1-3-7(6-13)8-4-11(17-2)10(14(15)16)5-9(8)12/h4-5,7H,3,6,13H2,1-2H3. The molecular weight excluding hydrogens is 288 g/mol.